The molecule has 1 aliphatic rings. The van der Waals surface area contributed by atoms with Crippen LogP contribution in [0, 0.1) is 5.41 Å². The number of aromatic nitrogens is 2. The smallest absolute Gasteiger partial charge is 0.0769 e. The normalized spacial score (nSPS) is 22.3. The van der Waals surface area contributed by atoms with Crippen LogP contribution in [-0.4, -0.2) is 33.8 Å². The highest BCUT2D eigenvalue weighted by Gasteiger charge is 2.33. The lowest BCUT2D eigenvalue weighted by Crippen LogP contribution is -2.52. The summed E-state index contributed by atoms with van der Waals surface area (Å²) in [6, 6.07) is 12.6. The van der Waals surface area contributed by atoms with E-state index in [1.807, 2.05) is 29.1 Å². The molecule has 0 bridgehead atoms. The number of hydrogen-bond donors (Lipinski definition) is 1. The highest BCUT2D eigenvalue weighted by molar-refractivity contribution is 5.30. The maximum absolute atomic E-state index is 6.20. The molecular formula is C17H24N4. The first-order chi connectivity index (χ1) is 10.0. The van der Waals surface area contributed by atoms with Gasteiger partial charge in [-0.15, -0.1) is 0 Å². The fourth-order valence-corrected chi connectivity index (χ4v) is 3.02. The maximum atomic E-state index is 6.20. The Hall–Kier alpha value is -1.65. The van der Waals surface area contributed by atoms with Crippen LogP contribution in [0.5, 0.6) is 0 Å². The Morgan fingerprint density at radius 3 is 2.71 bits per heavy atom. The highest BCUT2D eigenvalue weighted by Crippen LogP contribution is 2.28. The Balaban J connectivity index is 1.68. The molecule has 1 aromatic heterocycles. The average molecular weight is 284 g/mol. The van der Waals surface area contributed by atoms with Gasteiger partial charge in [0.05, 0.1) is 11.4 Å². The fraction of sp³-hybridized carbons (Fsp3) is 0.471. The van der Waals surface area contributed by atoms with Gasteiger partial charge in [-0.05, 0) is 30.0 Å². The topological polar surface area (TPSA) is 47.1 Å². The molecular weight excluding hydrogens is 260 g/mol. The van der Waals surface area contributed by atoms with Crippen LogP contribution >= 0.6 is 0 Å². The zero-order valence-electron chi connectivity index (χ0n) is 12.9. The summed E-state index contributed by atoms with van der Waals surface area (Å²) in [6.45, 7) is 7.50. The molecule has 21 heavy (non-hydrogen) atoms. The number of rotatable bonds is 3. The van der Waals surface area contributed by atoms with Gasteiger partial charge in [-0.25, -0.2) is 4.68 Å². The van der Waals surface area contributed by atoms with Crippen molar-refractivity contribution in [3.8, 4) is 5.69 Å². The average Bonchev–Trinajstić information content (AvgIpc) is 2.92. The second-order valence-electron chi connectivity index (χ2n) is 6.68. The Morgan fingerprint density at radius 1 is 1.24 bits per heavy atom. The van der Waals surface area contributed by atoms with E-state index in [0.29, 0.717) is 6.04 Å². The Kier molecular flexibility index (Phi) is 3.83. The fourth-order valence-electron chi connectivity index (χ4n) is 3.02. The predicted octanol–water partition coefficient (Wildman–Crippen LogP) is 2.43. The molecule has 0 saturated carbocycles. The van der Waals surface area contributed by atoms with Crippen LogP contribution in [0.2, 0.25) is 0 Å². The van der Waals surface area contributed by atoms with Gasteiger partial charge in [0, 0.05) is 31.9 Å². The van der Waals surface area contributed by atoms with Crippen molar-refractivity contribution in [2.45, 2.75) is 32.9 Å². The van der Waals surface area contributed by atoms with Crippen LogP contribution in [0.4, 0.5) is 0 Å². The molecule has 4 heteroatoms. The molecule has 3 rings (SSSR count). The summed E-state index contributed by atoms with van der Waals surface area (Å²) in [5.74, 6) is 0. The van der Waals surface area contributed by atoms with E-state index in [4.69, 9.17) is 5.73 Å². The van der Waals surface area contributed by atoms with E-state index in [1.54, 1.807) is 0 Å². The molecule has 2 heterocycles. The minimum Gasteiger partial charge on any atom is -0.327 e. The van der Waals surface area contributed by atoms with Crippen LogP contribution in [0.25, 0.3) is 5.69 Å². The maximum Gasteiger partial charge on any atom is 0.0769 e. The minimum atomic E-state index is 0.181. The standard InChI is InChI=1S/C17H24N4/c1-17(2)13-20(10-9-16(17)18)12-14-8-11-21(19-14)15-6-4-3-5-7-15/h3-8,11,16H,9-10,12-13,18H2,1-2H3. The van der Waals surface area contributed by atoms with Crippen molar-refractivity contribution in [2.24, 2.45) is 11.1 Å². The second kappa shape index (κ2) is 5.62. The molecule has 2 aromatic rings. The summed E-state index contributed by atoms with van der Waals surface area (Å²) in [4.78, 5) is 2.46. The van der Waals surface area contributed by atoms with E-state index < -0.39 is 0 Å². The van der Waals surface area contributed by atoms with Gasteiger partial charge in [0.2, 0.25) is 0 Å². The summed E-state index contributed by atoms with van der Waals surface area (Å²) in [5.41, 5.74) is 8.60. The van der Waals surface area contributed by atoms with E-state index in [0.717, 1.165) is 37.4 Å². The zero-order chi connectivity index (χ0) is 14.9. The first kappa shape index (κ1) is 14.3. The third kappa shape index (κ3) is 3.17. The molecule has 1 fully saturated rings. The summed E-state index contributed by atoms with van der Waals surface area (Å²) >= 11 is 0. The predicted molar refractivity (Wildman–Crippen MR) is 85.2 cm³/mol. The molecule has 0 amide bonds. The molecule has 2 N–H and O–H groups in total. The lowest BCUT2D eigenvalue weighted by molar-refractivity contribution is 0.0888. The first-order valence-corrected chi connectivity index (χ1v) is 7.62. The van der Waals surface area contributed by atoms with Crippen molar-refractivity contribution in [1.29, 1.82) is 0 Å². The lowest BCUT2D eigenvalue weighted by atomic mass is 9.80. The van der Waals surface area contributed by atoms with Gasteiger partial charge in [0.25, 0.3) is 0 Å². The van der Waals surface area contributed by atoms with Crippen LogP contribution in [0.1, 0.15) is 26.0 Å². The van der Waals surface area contributed by atoms with E-state index in [2.05, 4.69) is 42.0 Å². The van der Waals surface area contributed by atoms with Crippen LogP contribution in [0.3, 0.4) is 0 Å². The van der Waals surface area contributed by atoms with Crippen LogP contribution in [-0.2, 0) is 6.54 Å². The van der Waals surface area contributed by atoms with E-state index in [1.165, 1.54) is 0 Å². The number of likely N-dealkylation sites (tertiary alicyclic amines) is 1. The van der Waals surface area contributed by atoms with Crippen molar-refractivity contribution in [2.75, 3.05) is 13.1 Å². The van der Waals surface area contributed by atoms with E-state index in [9.17, 15) is 0 Å². The monoisotopic (exact) mass is 284 g/mol. The number of nitrogens with two attached hydrogens (primary N) is 1. The Labute approximate surface area is 126 Å². The van der Waals surface area contributed by atoms with Gasteiger partial charge >= 0.3 is 0 Å². The van der Waals surface area contributed by atoms with Crippen molar-refractivity contribution in [3.63, 3.8) is 0 Å². The summed E-state index contributed by atoms with van der Waals surface area (Å²) in [7, 11) is 0. The number of piperidine rings is 1. The first-order valence-electron chi connectivity index (χ1n) is 7.62. The molecule has 0 radical (unpaired) electrons. The Bertz CT molecular complexity index is 588. The molecule has 1 aliphatic heterocycles. The molecule has 0 spiro atoms. The van der Waals surface area contributed by atoms with E-state index >= 15 is 0 Å². The molecule has 1 atom stereocenters. The third-order valence-electron chi connectivity index (χ3n) is 4.44. The van der Waals surface area contributed by atoms with Crippen LogP contribution < -0.4 is 5.73 Å². The summed E-state index contributed by atoms with van der Waals surface area (Å²) in [5, 5.41) is 4.69. The van der Waals surface area contributed by atoms with Gasteiger partial charge in [0.1, 0.15) is 0 Å². The zero-order valence-corrected chi connectivity index (χ0v) is 12.9. The molecule has 4 nitrogen and oxygen atoms in total. The second-order valence-corrected chi connectivity index (χ2v) is 6.68. The van der Waals surface area contributed by atoms with Crippen molar-refractivity contribution in [3.05, 3.63) is 48.3 Å². The highest BCUT2D eigenvalue weighted by atomic mass is 15.3. The van der Waals surface area contributed by atoms with Crippen molar-refractivity contribution >= 4 is 0 Å². The molecule has 112 valence electrons. The van der Waals surface area contributed by atoms with Gasteiger partial charge in [-0.3, -0.25) is 4.90 Å². The third-order valence-corrected chi connectivity index (χ3v) is 4.44. The van der Waals surface area contributed by atoms with Crippen molar-refractivity contribution in [1.82, 2.24) is 14.7 Å². The number of hydrogen-bond acceptors (Lipinski definition) is 3. The molecule has 1 saturated heterocycles. The molecule has 0 aliphatic carbocycles. The summed E-state index contributed by atoms with van der Waals surface area (Å²) < 4.78 is 1.94. The summed E-state index contributed by atoms with van der Waals surface area (Å²) in [6.07, 6.45) is 3.10. The SMILES string of the molecule is CC1(C)CN(Cc2ccn(-c3ccccc3)n2)CCC1N. The largest absolute Gasteiger partial charge is 0.327 e. The van der Waals surface area contributed by atoms with Gasteiger partial charge in [-0.1, -0.05) is 32.0 Å². The van der Waals surface area contributed by atoms with Gasteiger partial charge in [-0.2, -0.15) is 5.10 Å². The Morgan fingerprint density at radius 2 is 2.00 bits per heavy atom. The molecule has 1 unspecified atom stereocenters. The van der Waals surface area contributed by atoms with Gasteiger partial charge < -0.3 is 5.73 Å². The van der Waals surface area contributed by atoms with E-state index in [-0.39, 0.29) is 5.41 Å². The minimum absolute atomic E-state index is 0.181. The number of nitrogens with zero attached hydrogens (tertiary/aromatic N) is 3. The number of benzene rings is 1. The lowest BCUT2D eigenvalue weighted by Gasteiger charge is -2.42. The number of para-hydroxylation sites is 1. The van der Waals surface area contributed by atoms with Crippen LogP contribution in [0.15, 0.2) is 42.6 Å². The van der Waals surface area contributed by atoms with Crippen molar-refractivity contribution < 1.29 is 0 Å². The quantitative estimate of drug-likeness (QED) is 0.941. The molecule has 1 aromatic carbocycles. The van der Waals surface area contributed by atoms with Gasteiger partial charge in [0.15, 0.2) is 0 Å².